The molecular weight excluding hydrogens is 329 g/mol. The number of hydrogen-bond donors (Lipinski definition) is 1. The molecule has 1 aromatic carbocycles. The summed E-state index contributed by atoms with van der Waals surface area (Å²) in [6, 6.07) is 7.44. The van der Waals surface area contributed by atoms with Gasteiger partial charge in [0.25, 0.3) is 0 Å². The van der Waals surface area contributed by atoms with Crippen molar-refractivity contribution in [1.82, 2.24) is 4.90 Å². The standard InChI is InChI=1S/C18H26FNOS2/c1-12-4-9-16(13-5-7-14(19)8-6-13)20-15(12)10-11-18(22-2,23-3)17(20)21/h5-8,12,15-17,21H,4,9-11H2,1-3H3/t12-,15-,16+,17?/m1/s1. The molecule has 0 spiro atoms. The molecule has 2 fully saturated rings. The van der Waals surface area contributed by atoms with Crippen molar-refractivity contribution in [2.75, 3.05) is 12.5 Å². The number of fused-ring (bicyclic) bond motifs is 1. The average molecular weight is 356 g/mol. The Bertz CT molecular complexity index is 534. The molecule has 2 saturated heterocycles. The fourth-order valence-electron chi connectivity index (χ4n) is 4.30. The maximum Gasteiger partial charge on any atom is 0.132 e. The summed E-state index contributed by atoms with van der Waals surface area (Å²) in [5.74, 6) is 0.402. The van der Waals surface area contributed by atoms with Crippen LogP contribution in [0.5, 0.6) is 0 Å². The zero-order chi connectivity index (χ0) is 16.6. The smallest absolute Gasteiger partial charge is 0.132 e. The number of benzene rings is 1. The van der Waals surface area contributed by atoms with Gasteiger partial charge < -0.3 is 5.11 Å². The molecule has 1 unspecified atom stereocenters. The summed E-state index contributed by atoms with van der Waals surface area (Å²) in [7, 11) is 0. The highest BCUT2D eigenvalue weighted by Gasteiger charge is 2.51. The number of aliphatic hydroxyl groups excluding tert-OH is 1. The van der Waals surface area contributed by atoms with Crippen LogP contribution in [-0.2, 0) is 0 Å². The Morgan fingerprint density at radius 3 is 2.39 bits per heavy atom. The summed E-state index contributed by atoms with van der Waals surface area (Å²) < 4.78 is 13.1. The molecule has 2 aliphatic rings. The zero-order valence-corrected chi connectivity index (χ0v) is 15.7. The van der Waals surface area contributed by atoms with Gasteiger partial charge in [0, 0.05) is 12.1 Å². The normalized spacial score (nSPS) is 34.1. The number of aliphatic hydroxyl groups is 1. The van der Waals surface area contributed by atoms with Crippen molar-refractivity contribution in [2.45, 2.75) is 55.0 Å². The highest BCUT2D eigenvalue weighted by Crippen LogP contribution is 2.52. The van der Waals surface area contributed by atoms with Gasteiger partial charge in [0.2, 0.25) is 0 Å². The number of piperidine rings is 2. The Kier molecular flexibility index (Phi) is 5.31. The molecule has 0 bridgehead atoms. The van der Waals surface area contributed by atoms with Crippen molar-refractivity contribution in [3.8, 4) is 0 Å². The van der Waals surface area contributed by atoms with E-state index in [0.717, 1.165) is 24.8 Å². The van der Waals surface area contributed by atoms with Crippen LogP contribution in [0.3, 0.4) is 0 Å². The van der Waals surface area contributed by atoms with Crippen molar-refractivity contribution in [3.63, 3.8) is 0 Å². The minimum Gasteiger partial charge on any atom is -0.376 e. The van der Waals surface area contributed by atoms with E-state index >= 15 is 0 Å². The van der Waals surface area contributed by atoms with E-state index in [4.69, 9.17) is 0 Å². The molecule has 2 heterocycles. The number of nitrogens with zero attached hydrogens (tertiary/aromatic N) is 1. The SMILES string of the molecule is CSC1(SC)CC[C@@H]2[C@H](C)CC[C@@H](c3ccc(F)cc3)N2C1O. The van der Waals surface area contributed by atoms with Crippen molar-refractivity contribution >= 4 is 23.5 Å². The minimum atomic E-state index is -0.468. The Morgan fingerprint density at radius 2 is 1.78 bits per heavy atom. The molecule has 1 N–H and O–H groups in total. The van der Waals surface area contributed by atoms with E-state index in [1.54, 1.807) is 23.5 Å². The third-order valence-electron chi connectivity index (χ3n) is 5.71. The molecule has 3 rings (SSSR count). The van der Waals surface area contributed by atoms with E-state index in [1.165, 1.54) is 18.6 Å². The Morgan fingerprint density at radius 1 is 1.13 bits per heavy atom. The monoisotopic (exact) mass is 355 g/mol. The molecule has 23 heavy (non-hydrogen) atoms. The minimum absolute atomic E-state index is 0.161. The van der Waals surface area contributed by atoms with Gasteiger partial charge in [-0.05, 0) is 61.8 Å². The summed E-state index contributed by atoms with van der Waals surface area (Å²) in [6.07, 6.45) is 8.08. The van der Waals surface area contributed by atoms with Gasteiger partial charge in [0.15, 0.2) is 0 Å². The van der Waals surface area contributed by atoms with Crippen molar-refractivity contribution in [3.05, 3.63) is 35.6 Å². The van der Waals surface area contributed by atoms with Gasteiger partial charge in [-0.2, -0.15) is 0 Å². The molecule has 0 aliphatic carbocycles. The van der Waals surface area contributed by atoms with Gasteiger partial charge in [0.1, 0.15) is 12.0 Å². The van der Waals surface area contributed by atoms with Crippen molar-refractivity contribution < 1.29 is 9.50 Å². The van der Waals surface area contributed by atoms with Gasteiger partial charge >= 0.3 is 0 Å². The fourth-order valence-corrected chi connectivity index (χ4v) is 6.28. The summed E-state index contributed by atoms with van der Waals surface area (Å²) in [5, 5.41) is 11.2. The van der Waals surface area contributed by atoms with Crippen molar-refractivity contribution in [1.29, 1.82) is 0 Å². The lowest BCUT2D eigenvalue weighted by atomic mass is 9.79. The van der Waals surface area contributed by atoms with Gasteiger partial charge in [-0.25, -0.2) is 4.39 Å². The second kappa shape index (κ2) is 6.95. The van der Waals surface area contributed by atoms with E-state index in [-0.39, 0.29) is 15.9 Å². The fraction of sp³-hybridized carbons (Fsp3) is 0.667. The van der Waals surface area contributed by atoms with Crippen LogP contribution in [0.15, 0.2) is 24.3 Å². The van der Waals surface area contributed by atoms with Crippen LogP contribution in [0.2, 0.25) is 0 Å². The van der Waals surface area contributed by atoms with Crippen LogP contribution in [0.25, 0.3) is 0 Å². The van der Waals surface area contributed by atoms with E-state index in [0.29, 0.717) is 12.0 Å². The van der Waals surface area contributed by atoms with Crippen LogP contribution in [-0.4, -0.2) is 38.9 Å². The van der Waals surface area contributed by atoms with Gasteiger partial charge in [-0.3, -0.25) is 4.90 Å². The van der Waals surface area contributed by atoms with Crippen LogP contribution in [0.1, 0.15) is 44.2 Å². The summed E-state index contributed by atoms with van der Waals surface area (Å²) >= 11 is 3.54. The zero-order valence-electron chi connectivity index (χ0n) is 14.0. The van der Waals surface area contributed by atoms with Gasteiger partial charge in [0.05, 0.1) is 4.08 Å². The molecule has 0 radical (unpaired) electrons. The predicted octanol–water partition coefficient (Wildman–Crippen LogP) is 4.50. The number of thioether (sulfide) groups is 2. The maximum atomic E-state index is 13.3. The third-order valence-corrected chi connectivity index (χ3v) is 8.92. The van der Waals surface area contributed by atoms with Crippen LogP contribution >= 0.6 is 23.5 Å². The van der Waals surface area contributed by atoms with Crippen LogP contribution in [0.4, 0.5) is 4.39 Å². The molecule has 5 heteroatoms. The highest BCUT2D eigenvalue weighted by molar-refractivity contribution is 8.17. The number of halogens is 1. The van der Waals surface area contributed by atoms with Crippen molar-refractivity contribution in [2.24, 2.45) is 5.92 Å². The first-order valence-electron chi connectivity index (χ1n) is 8.33. The second-order valence-corrected chi connectivity index (χ2v) is 9.30. The van der Waals surface area contributed by atoms with Gasteiger partial charge in [-0.15, -0.1) is 23.5 Å². The Balaban J connectivity index is 1.96. The van der Waals surface area contributed by atoms with Crippen LogP contribution in [0, 0.1) is 11.7 Å². The third kappa shape index (κ3) is 3.06. The number of rotatable bonds is 3. The first-order valence-corrected chi connectivity index (χ1v) is 10.8. The maximum absolute atomic E-state index is 13.3. The molecule has 128 valence electrons. The number of hydrogen-bond acceptors (Lipinski definition) is 4. The molecule has 1 aromatic rings. The largest absolute Gasteiger partial charge is 0.376 e. The Hall–Kier alpha value is -0.230. The average Bonchev–Trinajstić information content (AvgIpc) is 2.57. The van der Waals surface area contributed by atoms with E-state index in [2.05, 4.69) is 24.3 Å². The molecule has 2 aliphatic heterocycles. The quantitative estimate of drug-likeness (QED) is 0.807. The van der Waals surface area contributed by atoms with Gasteiger partial charge in [-0.1, -0.05) is 19.1 Å². The summed E-state index contributed by atoms with van der Waals surface area (Å²) in [6.45, 7) is 2.30. The topological polar surface area (TPSA) is 23.5 Å². The predicted molar refractivity (Wildman–Crippen MR) is 98.2 cm³/mol. The molecular formula is C18H26FNOS2. The lowest BCUT2D eigenvalue weighted by Gasteiger charge is -2.56. The van der Waals surface area contributed by atoms with E-state index in [9.17, 15) is 9.50 Å². The summed E-state index contributed by atoms with van der Waals surface area (Å²) in [5.41, 5.74) is 1.13. The lowest BCUT2D eigenvalue weighted by Crippen LogP contribution is -2.61. The molecule has 2 nitrogen and oxygen atoms in total. The molecule has 0 saturated carbocycles. The first-order chi connectivity index (χ1) is 11.0. The second-order valence-electron chi connectivity index (χ2n) is 6.77. The highest BCUT2D eigenvalue weighted by atomic mass is 32.2. The molecule has 4 atom stereocenters. The molecule has 0 aromatic heterocycles. The van der Waals surface area contributed by atoms with E-state index in [1.807, 2.05) is 12.1 Å². The summed E-state index contributed by atoms with van der Waals surface area (Å²) in [4.78, 5) is 2.33. The Labute approximate surface area is 147 Å². The van der Waals surface area contributed by atoms with Crippen LogP contribution < -0.4 is 0 Å². The first kappa shape index (κ1) is 17.6. The van der Waals surface area contributed by atoms with E-state index < -0.39 is 6.23 Å². The lowest BCUT2D eigenvalue weighted by molar-refractivity contribution is -0.119. The molecule has 0 amide bonds.